The summed E-state index contributed by atoms with van der Waals surface area (Å²) < 4.78 is 31.0. The molecule has 0 saturated heterocycles. The number of nitro benzene ring substituents is 6. The van der Waals surface area contributed by atoms with Gasteiger partial charge in [0.15, 0.2) is 11.6 Å². The molecular weight excluding hydrogens is 1950 g/mol. The molecule has 2 aliphatic rings. The number of nitrogens with two attached hydrogens (primary N) is 2. The summed E-state index contributed by atoms with van der Waals surface area (Å²) in [5.41, 5.74) is 27.3. The Hall–Kier alpha value is -12.4. The number of anilines is 1. The number of rotatable bonds is 26. The number of benzene rings is 7. The van der Waals surface area contributed by atoms with Crippen LogP contribution in [0.15, 0.2) is 237 Å². The van der Waals surface area contributed by atoms with Crippen LogP contribution in [0.4, 0.5) is 39.8 Å². The molecule has 39 heteroatoms. The Labute approximate surface area is 817 Å². The molecule has 6 heterocycles. The Morgan fingerprint density at radius 3 is 0.978 bits per heavy atom. The topological polar surface area (TPSA) is 462 Å². The van der Waals surface area contributed by atoms with E-state index in [1.807, 2.05) is 195 Å². The number of carbonyl (C=O) groups excluding carboxylic acids is 4. The number of halogens is 1. The number of nitro groups is 6. The fourth-order valence-electron chi connectivity index (χ4n) is 12.7. The molecule has 6 unspecified atom stereocenters. The van der Waals surface area contributed by atoms with Crippen molar-refractivity contribution in [2.24, 2.45) is 22.0 Å². The molecular formula is C96H99BrN12O18S8. The van der Waals surface area contributed by atoms with E-state index in [0.717, 1.165) is 92.6 Å². The van der Waals surface area contributed by atoms with Gasteiger partial charge in [-0.05, 0) is 337 Å². The molecule has 2 aliphatic carbocycles. The lowest BCUT2D eigenvalue weighted by Crippen LogP contribution is -2.34. The summed E-state index contributed by atoms with van der Waals surface area (Å²) in [7, 11) is -2.64. The van der Waals surface area contributed by atoms with E-state index < -0.39 is 46.2 Å². The van der Waals surface area contributed by atoms with Crippen molar-refractivity contribution < 1.29 is 57.1 Å². The van der Waals surface area contributed by atoms with Crippen LogP contribution in [0.1, 0.15) is 188 Å². The molecule has 13 aromatic rings. The average Bonchev–Trinajstić information content (AvgIpc) is 1.50. The number of nitrogens with zero attached hydrogens (tertiary/aromatic N) is 7. The van der Waals surface area contributed by atoms with Crippen molar-refractivity contribution in [2.75, 3.05) is 5.73 Å². The Balaban J connectivity index is 0.000000178. The van der Waals surface area contributed by atoms with E-state index in [-0.39, 0.29) is 108 Å². The second-order valence-electron chi connectivity index (χ2n) is 33.1. The van der Waals surface area contributed by atoms with E-state index in [4.69, 9.17) is 11.5 Å². The fraction of sp³-hybridized carbons (Fsp3) is 0.260. The first-order chi connectivity index (χ1) is 63.8. The normalized spacial score (nSPS) is 13.4. The first-order valence-corrected chi connectivity index (χ1v) is 50.5. The predicted molar refractivity (Wildman–Crippen MR) is 548 cm³/mol. The number of hydrogen-bond acceptors (Lipinski definition) is 26. The highest BCUT2D eigenvalue weighted by molar-refractivity contribution is 9.10. The zero-order valence-electron chi connectivity index (χ0n) is 75.6. The molecule has 30 nitrogen and oxygen atoms in total. The van der Waals surface area contributed by atoms with E-state index in [1.165, 1.54) is 94.8 Å². The molecule has 0 aliphatic heterocycles. The van der Waals surface area contributed by atoms with E-state index in [9.17, 15) is 88.3 Å². The van der Waals surface area contributed by atoms with E-state index in [1.54, 1.807) is 85.0 Å². The van der Waals surface area contributed by atoms with Gasteiger partial charge in [0.2, 0.25) is 11.8 Å². The summed E-state index contributed by atoms with van der Waals surface area (Å²) in [6, 6.07) is 46.0. The molecule has 6 atom stereocenters. The molecule has 135 heavy (non-hydrogen) atoms. The smallest absolute Gasteiger partial charge is 0.284 e. The molecule has 2 amide bonds. The van der Waals surface area contributed by atoms with Gasteiger partial charge in [0.25, 0.3) is 34.1 Å². The summed E-state index contributed by atoms with van der Waals surface area (Å²) in [4.78, 5) is 110. The van der Waals surface area contributed by atoms with Crippen LogP contribution in [0.5, 0.6) is 0 Å². The van der Waals surface area contributed by atoms with E-state index >= 15 is 0 Å². The summed E-state index contributed by atoms with van der Waals surface area (Å²) in [5, 5.41) is 95.6. The highest BCUT2D eigenvalue weighted by atomic mass is 79.9. The van der Waals surface area contributed by atoms with E-state index in [0.29, 0.717) is 54.7 Å². The van der Waals surface area contributed by atoms with Gasteiger partial charge in [-0.3, -0.25) is 79.9 Å². The summed E-state index contributed by atoms with van der Waals surface area (Å²) in [6.45, 7) is 23.1. The van der Waals surface area contributed by atoms with Crippen LogP contribution < -0.4 is 26.8 Å². The molecule has 15 rings (SSSR count). The molecule has 2 fully saturated rings. The Morgan fingerprint density at radius 1 is 0.393 bits per heavy atom. The monoisotopic (exact) mass is 2040 g/mol. The van der Waals surface area contributed by atoms with Crippen LogP contribution in [-0.2, 0) is 31.6 Å². The number of nitrogens with one attached hydrogen (secondary N) is 3. The zero-order valence-corrected chi connectivity index (χ0v) is 83.7. The van der Waals surface area contributed by atoms with Crippen molar-refractivity contribution in [1.29, 1.82) is 0 Å². The minimum absolute atomic E-state index is 0.00178. The summed E-state index contributed by atoms with van der Waals surface area (Å²) in [5.74, 6) is 0.206. The average molecular weight is 2050 g/mol. The third-order valence-electron chi connectivity index (χ3n) is 20.7. The van der Waals surface area contributed by atoms with E-state index in [2.05, 4.69) is 47.1 Å². The van der Waals surface area contributed by atoms with Crippen LogP contribution in [-0.4, -0.2) is 76.5 Å². The van der Waals surface area contributed by atoms with Crippen molar-refractivity contribution >= 4 is 175 Å². The molecule has 2 saturated carbocycles. The Kier molecular flexibility index (Phi) is 38.3. The number of hydrogen-bond donors (Lipinski definition) is 5. The van der Waals surface area contributed by atoms with Crippen molar-refractivity contribution in [3.05, 3.63) is 332 Å². The molecule has 7 N–H and O–H groups in total. The van der Waals surface area contributed by atoms with Crippen molar-refractivity contribution in [1.82, 2.24) is 15.4 Å². The highest BCUT2D eigenvalue weighted by Crippen LogP contribution is 2.41. The minimum Gasteiger partial charge on any atom is -0.398 e. The standard InChI is InChI=1S/C16H20N2O3S2.C16H18N2O3S2.C16H16N2O3S.C16H18N2OS.C12H12N2O2S.C12H9NO3S.C8H6BrNO3/c2*1-11(17-23(21)16(2,3)4)12-5-6-14(13-7-8-22-10-13)15(9-12)18(19)20;1-10(17-16(19)11-2-3-11)12-4-5-14(13-6-7-22-9-13)15(8-12)18(20)21;1-10(18-16(19)11-2-3-11)12-4-5-14(15(17)8-12)13-6-7-20-9-13;1-8(13)9-2-3-11(10-4-5-17-7-10)12(6-9)14(15)16;1-8(14)9-2-3-11(10-4-5-17-7-10)12(6-9)13(15)16;1-5(11)6-2-3-7(9)8(4-6)10(12)13/h5-11,17H,1-4H3;5-10H,1-4H3;4-11H,2-3H2,1H3,(H,17,19);4-11H,2-3,17H2,1H3,(H,18,19);2-8H,13H2,1H3;2-7H,1H3;2-4H,1H3. The minimum atomic E-state index is -1.40. The molecule has 6 aromatic heterocycles. The maximum Gasteiger partial charge on any atom is 0.284 e. The van der Waals surface area contributed by atoms with Gasteiger partial charge in [0, 0.05) is 88.3 Å². The Morgan fingerprint density at radius 2 is 0.674 bits per heavy atom. The van der Waals surface area contributed by atoms with Crippen LogP contribution in [0.3, 0.4) is 0 Å². The van der Waals surface area contributed by atoms with Crippen molar-refractivity contribution in [2.45, 2.75) is 149 Å². The van der Waals surface area contributed by atoms with Crippen molar-refractivity contribution in [3.8, 4) is 66.8 Å². The predicted octanol–water partition coefficient (Wildman–Crippen LogP) is 26.0. The lowest BCUT2D eigenvalue weighted by atomic mass is 10.0. The van der Waals surface area contributed by atoms with Crippen LogP contribution >= 0.6 is 84.0 Å². The quantitative estimate of drug-likeness (QED) is 0.0110. The lowest BCUT2D eigenvalue weighted by molar-refractivity contribution is -0.385. The number of carbonyl (C=O) groups is 4. The number of amides is 2. The third kappa shape index (κ3) is 30.5. The Bertz CT molecular complexity index is 6470. The lowest BCUT2D eigenvalue weighted by Gasteiger charge is -2.22. The number of thiophene rings is 6. The van der Waals surface area contributed by atoms with Gasteiger partial charge in [-0.25, -0.2) is 13.1 Å². The van der Waals surface area contributed by atoms with Gasteiger partial charge in [0.1, 0.15) is 11.0 Å². The number of ketones is 2. The molecule has 0 bridgehead atoms. The fourth-order valence-corrected chi connectivity index (χ4v) is 18.4. The van der Waals surface area contributed by atoms with Gasteiger partial charge in [-0.15, -0.1) is 0 Å². The zero-order chi connectivity index (χ0) is 99.0. The van der Waals surface area contributed by atoms with Gasteiger partial charge in [-0.1, -0.05) is 42.5 Å². The van der Waals surface area contributed by atoms with Crippen LogP contribution in [0.25, 0.3) is 66.8 Å². The second kappa shape index (κ2) is 48.7. The van der Waals surface area contributed by atoms with Gasteiger partial charge >= 0.3 is 0 Å². The maximum atomic E-state index is 12.2. The van der Waals surface area contributed by atoms with Crippen molar-refractivity contribution in [3.63, 3.8) is 0 Å². The second-order valence-corrected chi connectivity index (χ2v) is 42.5. The summed E-state index contributed by atoms with van der Waals surface area (Å²) >= 11 is 12.2. The van der Waals surface area contributed by atoms with Gasteiger partial charge < -0.3 is 22.1 Å². The third-order valence-corrected chi connectivity index (χ3v) is 28.6. The largest absolute Gasteiger partial charge is 0.398 e. The molecule has 0 radical (unpaired) electrons. The SMILES string of the molecule is CC(=NS(=O)C(C)(C)C)c1ccc(-c2ccsc2)c([N+](=O)[O-])c1.CC(=O)c1ccc(-c2ccsc2)c([N+](=O)[O-])c1.CC(=O)c1ccc(Br)c([N+](=O)[O-])c1.CC(N)c1ccc(-c2ccsc2)c([N+](=O)[O-])c1.CC(NC(=O)C1CC1)c1ccc(-c2ccsc2)c(N)c1.CC(NC(=O)C1CC1)c1ccc(-c2ccsc2)c([N+](=O)[O-])c1.CC(NS(=O)C(C)(C)C)c1ccc(-c2ccsc2)c([N+](=O)[O-])c1. The molecule has 7 aromatic carbocycles. The first kappa shape index (κ1) is 106. The molecule has 0 spiro atoms. The molecule has 706 valence electrons. The number of nitrogen functional groups attached to an aromatic ring is 1. The van der Waals surface area contributed by atoms with Crippen LogP contribution in [0, 0.1) is 72.5 Å². The number of Topliss-reactive ketones (excluding diaryl/α,β-unsaturated/α-hetero) is 2. The maximum absolute atomic E-state index is 12.2. The highest BCUT2D eigenvalue weighted by Gasteiger charge is 2.33. The first-order valence-electron chi connectivity index (χ1n) is 41.8. The van der Waals surface area contributed by atoms with Gasteiger partial charge in [0.05, 0.1) is 100 Å². The summed E-state index contributed by atoms with van der Waals surface area (Å²) in [6.07, 6.45) is 3.93. The van der Waals surface area contributed by atoms with Gasteiger partial charge in [-0.2, -0.15) is 72.4 Å². The van der Waals surface area contributed by atoms with Crippen LogP contribution in [0.2, 0.25) is 0 Å².